The molecule has 7 heteroatoms. The van der Waals surface area contributed by atoms with Crippen LogP contribution in [-0.4, -0.2) is 41.5 Å². The van der Waals surface area contributed by atoms with E-state index < -0.39 is 17.2 Å². The van der Waals surface area contributed by atoms with Gasteiger partial charge in [0, 0.05) is 12.2 Å². The number of aliphatic carboxylic acids is 1. The lowest BCUT2D eigenvalue weighted by atomic mass is 9.90. The fraction of sp³-hybridized carbons (Fsp3) is 0.429. The van der Waals surface area contributed by atoms with Crippen molar-refractivity contribution in [1.82, 2.24) is 4.90 Å². The molecule has 0 bridgehead atoms. The molecule has 0 aliphatic carbocycles. The van der Waals surface area contributed by atoms with Crippen molar-refractivity contribution in [2.75, 3.05) is 25.0 Å². The lowest BCUT2D eigenvalue weighted by molar-refractivity contribution is -0.147. The van der Waals surface area contributed by atoms with E-state index in [4.69, 9.17) is 16.7 Å². The van der Waals surface area contributed by atoms with Crippen molar-refractivity contribution in [3.8, 4) is 0 Å². The van der Waals surface area contributed by atoms with Crippen LogP contribution < -0.4 is 5.32 Å². The lowest BCUT2D eigenvalue weighted by Gasteiger charge is -2.19. The average Bonchev–Trinajstić information content (AvgIpc) is 2.77. The summed E-state index contributed by atoms with van der Waals surface area (Å²) in [7, 11) is 0. The molecule has 1 fully saturated rings. The van der Waals surface area contributed by atoms with Crippen LogP contribution >= 0.6 is 11.6 Å². The van der Waals surface area contributed by atoms with Crippen LogP contribution in [0.4, 0.5) is 10.1 Å². The van der Waals surface area contributed by atoms with E-state index in [0.29, 0.717) is 25.2 Å². The van der Waals surface area contributed by atoms with E-state index in [1.54, 1.807) is 11.8 Å². The molecule has 1 aromatic carbocycles. The first kappa shape index (κ1) is 15.7. The van der Waals surface area contributed by atoms with E-state index in [2.05, 4.69) is 5.32 Å². The van der Waals surface area contributed by atoms with Gasteiger partial charge in [-0.1, -0.05) is 11.6 Å². The number of hydrogen-bond acceptors (Lipinski definition) is 3. The van der Waals surface area contributed by atoms with Crippen LogP contribution in [-0.2, 0) is 9.59 Å². The summed E-state index contributed by atoms with van der Waals surface area (Å²) in [6.45, 7) is 2.66. The molecule has 1 heterocycles. The van der Waals surface area contributed by atoms with Gasteiger partial charge in [-0.3, -0.25) is 14.5 Å². The Labute approximate surface area is 126 Å². The molecule has 21 heavy (non-hydrogen) atoms. The molecule has 1 saturated heterocycles. The SMILES string of the molecule is CC1(C(=O)O)CCN(CC(=O)Nc2ccc(F)c(Cl)c2)C1. The van der Waals surface area contributed by atoms with Gasteiger partial charge in [0.15, 0.2) is 0 Å². The second-order valence-corrected chi connectivity index (χ2v) is 5.91. The molecule has 5 nitrogen and oxygen atoms in total. The van der Waals surface area contributed by atoms with E-state index in [1.165, 1.54) is 18.2 Å². The van der Waals surface area contributed by atoms with E-state index in [0.717, 1.165) is 0 Å². The number of carbonyl (C=O) groups is 2. The topological polar surface area (TPSA) is 69.6 Å². The van der Waals surface area contributed by atoms with Gasteiger partial charge in [-0.15, -0.1) is 0 Å². The van der Waals surface area contributed by atoms with Crippen molar-refractivity contribution in [2.24, 2.45) is 5.41 Å². The summed E-state index contributed by atoms with van der Waals surface area (Å²) in [4.78, 5) is 24.8. The number of carboxylic acid groups (broad SMARTS) is 1. The second-order valence-electron chi connectivity index (χ2n) is 5.50. The molecule has 0 spiro atoms. The Morgan fingerprint density at radius 3 is 2.81 bits per heavy atom. The zero-order chi connectivity index (χ0) is 15.6. The van der Waals surface area contributed by atoms with E-state index in [1.807, 2.05) is 0 Å². The number of halogens is 2. The van der Waals surface area contributed by atoms with Crippen molar-refractivity contribution in [3.05, 3.63) is 29.0 Å². The average molecular weight is 315 g/mol. The van der Waals surface area contributed by atoms with Crippen LogP contribution in [0.1, 0.15) is 13.3 Å². The second kappa shape index (κ2) is 5.99. The van der Waals surface area contributed by atoms with E-state index in [9.17, 15) is 14.0 Å². The number of likely N-dealkylation sites (tertiary alicyclic amines) is 1. The fourth-order valence-electron chi connectivity index (χ4n) is 2.34. The lowest BCUT2D eigenvalue weighted by Crippen LogP contribution is -2.35. The van der Waals surface area contributed by atoms with Crippen molar-refractivity contribution in [3.63, 3.8) is 0 Å². The molecule has 0 radical (unpaired) electrons. The number of benzene rings is 1. The monoisotopic (exact) mass is 314 g/mol. The van der Waals surface area contributed by atoms with Crippen LogP contribution in [0.3, 0.4) is 0 Å². The van der Waals surface area contributed by atoms with Gasteiger partial charge in [-0.05, 0) is 38.1 Å². The standard InChI is InChI=1S/C14H16ClFN2O3/c1-14(13(20)21)4-5-18(8-14)7-12(19)17-9-2-3-11(16)10(15)6-9/h2-3,6H,4-5,7-8H2,1H3,(H,17,19)(H,20,21). The molecule has 1 unspecified atom stereocenters. The largest absolute Gasteiger partial charge is 0.481 e. The van der Waals surface area contributed by atoms with E-state index >= 15 is 0 Å². The smallest absolute Gasteiger partial charge is 0.310 e. The highest BCUT2D eigenvalue weighted by atomic mass is 35.5. The maximum Gasteiger partial charge on any atom is 0.310 e. The highest BCUT2D eigenvalue weighted by Gasteiger charge is 2.40. The first-order valence-corrected chi connectivity index (χ1v) is 6.89. The number of anilines is 1. The molecule has 1 aliphatic rings. The Bertz CT molecular complexity index is 581. The van der Waals surface area contributed by atoms with Gasteiger partial charge in [0.1, 0.15) is 5.82 Å². The highest BCUT2D eigenvalue weighted by Crippen LogP contribution is 2.29. The zero-order valence-electron chi connectivity index (χ0n) is 11.5. The van der Waals surface area contributed by atoms with Gasteiger partial charge >= 0.3 is 5.97 Å². The van der Waals surface area contributed by atoms with Gasteiger partial charge < -0.3 is 10.4 Å². The van der Waals surface area contributed by atoms with Crippen molar-refractivity contribution in [2.45, 2.75) is 13.3 Å². The Balaban J connectivity index is 1.91. The normalized spacial score (nSPS) is 22.2. The summed E-state index contributed by atoms with van der Waals surface area (Å²) in [6.07, 6.45) is 0.512. The third kappa shape index (κ3) is 3.71. The first-order chi connectivity index (χ1) is 9.80. The maximum absolute atomic E-state index is 13.0. The van der Waals surface area contributed by atoms with Crippen LogP contribution in [0.25, 0.3) is 0 Å². The Morgan fingerprint density at radius 1 is 1.52 bits per heavy atom. The number of carbonyl (C=O) groups excluding carboxylic acids is 1. The minimum atomic E-state index is -0.851. The predicted molar refractivity (Wildman–Crippen MR) is 76.8 cm³/mol. The molecule has 0 aromatic heterocycles. The third-order valence-corrected chi connectivity index (χ3v) is 3.93. The minimum absolute atomic E-state index is 0.0626. The zero-order valence-corrected chi connectivity index (χ0v) is 12.3. The fourth-order valence-corrected chi connectivity index (χ4v) is 2.52. The van der Waals surface area contributed by atoms with Gasteiger partial charge in [0.05, 0.1) is 17.0 Å². The number of carboxylic acids is 1. The Kier molecular flexibility index (Phi) is 4.49. The van der Waals surface area contributed by atoms with Crippen molar-refractivity contribution < 1.29 is 19.1 Å². The van der Waals surface area contributed by atoms with Crippen molar-refractivity contribution >= 4 is 29.2 Å². The summed E-state index contributed by atoms with van der Waals surface area (Å²) < 4.78 is 13.0. The Hall–Kier alpha value is -1.66. The molecular formula is C14H16ClFN2O3. The number of amides is 1. The number of hydrogen-bond donors (Lipinski definition) is 2. The summed E-state index contributed by atoms with van der Waals surface area (Å²) in [5, 5.41) is 11.7. The predicted octanol–water partition coefficient (Wildman–Crippen LogP) is 2.21. The summed E-state index contributed by atoms with van der Waals surface area (Å²) >= 11 is 5.64. The molecule has 114 valence electrons. The summed E-state index contributed by atoms with van der Waals surface area (Å²) in [5.41, 5.74) is -0.397. The maximum atomic E-state index is 13.0. The highest BCUT2D eigenvalue weighted by molar-refractivity contribution is 6.31. The summed E-state index contributed by atoms with van der Waals surface area (Å²) in [6, 6.07) is 3.93. The van der Waals surface area contributed by atoms with Crippen LogP contribution in [0.2, 0.25) is 5.02 Å². The molecule has 1 amide bonds. The number of nitrogens with one attached hydrogen (secondary N) is 1. The van der Waals surface area contributed by atoms with Gasteiger partial charge in [-0.25, -0.2) is 4.39 Å². The molecule has 1 atom stereocenters. The number of nitrogens with zero attached hydrogens (tertiary/aromatic N) is 1. The summed E-state index contributed by atoms with van der Waals surface area (Å²) in [5.74, 6) is -1.69. The molecule has 1 aliphatic heterocycles. The first-order valence-electron chi connectivity index (χ1n) is 6.51. The van der Waals surface area contributed by atoms with E-state index in [-0.39, 0.29) is 17.5 Å². The van der Waals surface area contributed by atoms with Gasteiger partial charge in [-0.2, -0.15) is 0 Å². The molecule has 1 aromatic rings. The number of rotatable bonds is 4. The minimum Gasteiger partial charge on any atom is -0.481 e. The molecule has 2 N–H and O–H groups in total. The van der Waals surface area contributed by atoms with Gasteiger partial charge in [0.2, 0.25) is 5.91 Å². The quantitative estimate of drug-likeness (QED) is 0.894. The van der Waals surface area contributed by atoms with Crippen LogP contribution in [0, 0.1) is 11.2 Å². The molecule has 0 saturated carbocycles. The third-order valence-electron chi connectivity index (χ3n) is 3.64. The van der Waals surface area contributed by atoms with Gasteiger partial charge in [0.25, 0.3) is 0 Å². The Morgan fingerprint density at radius 2 is 2.24 bits per heavy atom. The van der Waals surface area contributed by atoms with Crippen LogP contribution in [0.5, 0.6) is 0 Å². The molecular weight excluding hydrogens is 299 g/mol. The van der Waals surface area contributed by atoms with Crippen LogP contribution in [0.15, 0.2) is 18.2 Å². The van der Waals surface area contributed by atoms with Crippen molar-refractivity contribution in [1.29, 1.82) is 0 Å². The molecule has 2 rings (SSSR count).